The van der Waals surface area contributed by atoms with E-state index in [4.69, 9.17) is 0 Å². The highest BCUT2D eigenvalue weighted by molar-refractivity contribution is 8.04. The second kappa shape index (κ2) is 2.64. The third-order valence-electron chi connectivity index (χ3n) is 1.96. The average Bonchev–Trinajstić information content (AvgIpc) is 2.01. The van der Waals surface area contributed by atoms with E-state index in [1.54, 1.807) is 5.41 Å². The largest absolute Gasteiger partial charge is 0.309 e. The summed E-state index contributed by atoms with van der Waals surface area (Å²) in [6.45, 7) is 2.01. The van der Waals surface area contributed by atoms with E-state index >= 15 is 0 Å². The summed E-state index contributed by atoms with van der Waals surface area (Å²) in [4.78, 5) is 0. The molecule has 68 valence electrons. The first-order valence-electron chi connectivity index (χ1n) is 4.01. The molecule has 2 nitrogen and oxygen atoms in total. The van der Waals surface area contributed by atoms with Gasteiger partial charge in [-0.3, -0.25) is 0 Å². The Kier molecular flexibility index (Phi) is 1.70. The summed E-state index contributed by atoms with van der Waals surface area (Å²) in [7, 11) is -2.24. The lowest BCUT2D eigenvalue weighted by Crippen LogP contribution is -2.12. The molecule has 0 radical (unpaired) electrons. The summed E-state index contributed by atoms with van der Waals surface area (Å²) in [6.07, 6.45) is 1.85. The topological polar surface area (TPSA) is 29.1 Å². The van der Waals surface area contributed by atoms with Gasteiger partial charge in [0.25, 0.3) is 0 Å². The van der Waals surface area contributed by atoms with Gasteiger partial charge in [-0.25, -0.2) is 4.21 Å². The summed E-state index contributed by atoms with van der Waals surface area (Å²) in [6, 6.07) is 6.01. The SMILES string of the molecule is C=S1(=O)C=Cc2ccc(C)cc2N1. The van der Waals surface area contributed by atoms with Crippen molar-refractivity contribution in [1.29, 1.82) is 0 Å². The zero-order chi connectivity index (χ0) is 9.47. The average molecular weight is 193 g/mol. The fourth-order valence-electron chi connectivity index (χ4n) is 1.31. The van der Waals surface area contributed by atoms with Crippen molar-refractivity contribution in [2.45, 2.75) is 6.92 Å². The third-order valence-corrected chi connectivity index (χ3v) is 3.10. The van der Waals surface area contributed by atoms with Crippen LogP contribution in [0.4, 0.5) is 5.69 Å². The third kappa shape index (κ3) is 1.60. The van der Waals surface area contributed by atoms with Gasteiger partial charge in [-0.2, -0.15) is 0 Å². The van der Waals surface area contributed by atoms with Crippen LogP contribution in [0.5, 0.6) is 0 Å². The van der Waals surface area contributed by atoms with Crippen LogP contribution in [0.25, 0.3) is 6.08 Å². The second-order valence-electron chi connectivity index (χ2n) is 3.22. The van der Waals surface area contributed by atoms with Crippen LogP contribution in [0.15, 0.2) is 23.6 Å². The van der Waals surface area contributed by atoms with Crippen LogP contribution in [0.1, 0.15) is 11.1 Å². The van der Waals surface area contributed by atoms with Crippen LogP contribution in [-0.4, -0.2) is 10.1 Å². The van der Waals surface area contributed by atoms with Crippen LogP contribution in [0.2, 0.25) is 0 Å². The Labute approximate surface area is 78.4 Å². The van der Waals surface area contributed by atoms with Crippen molar-refractivity contribution in [2.24, 2.45) is 0 Å². The number of nitrogens with one attached hydrogen (secondary N) is 1. The summed E-state index contributed by atoms with van der Waals surface area (Å²) < 4.78 is 14.5. The number of hydrogen-bond acceptors (Lipinski definition) is 1. The molecule has 0 aliphatic carbocycles. The Morgan fingerprint density at radius 3 is 3.00 bits per heavy atom. The first-order valence-corrected chi connectivity index (χ1v) is 5.80. The number of aryl methyl sites for hydroxylation is 1. The lowest BCUT2D eigenvalue weighted by Gasteiger charge is -2.16. The van der Waals surface area contributed by atoms with Crippen LogP contribution < -0.4 is 4.72 Å². The molecule has 1 atom stereocenters. The van der Waals surface area contributed by atoms with Crippen molar-refractivity contribution < 1.29 is 4.21 Å². The lowest BCUT2D eigenvalue weighted by molar-refractivity contribution is 0.689. The van der Waals surface area contributed by atoms with Gasteiger partial charge in [0.1, 0.15) is 0 Å². The van der Waals surface area contributed by atoms with Crippen LogP contribution in [0.3, 0.4) is 0 Å². The van der Waals surface area contributed by atoms with Gasteiger partial charge in [-0.1, -0.05) is 12.1 Å². The van der Waals surface area contributed by atoms with Crippen molar-refractivity contribution in [1.82, 2.24) is 0 Å². The predicted molar refractivity (Wildman–Crippen MR) is 59.1 cm³/mol. The van der Waals surface area contributed by atoms with E-state index in [0.29, 0.717) is 0 Å². The molecule has 1 unspecified atom stereocenters. The highest BCUT2D eigenvalue weighted by atomic mass is 32.2. The first-order chi connectivity index (χ1) is 6.07. The van der Waals surface area contributed by atoms with Gasteiger partial charge in [0.2, 0.25) is 0 Å². The van der Waals surface area contributed by atoms with Gasteiger partial charge in [0.15, 0.2) is 0 Å². The van der Waals surface area contributed by atoms with E-state index in [1.165, 1.54) is 0 Å². The monoisotopic (exact) mass is 193 g/mol. The molecule has 0 aromatic heterocycles. The Bertz CT molecular complexity index is 472. The quantitative estimate of drug-likeness (QED) is 0.627. The summed E-state index contributed by atoms with van der Waals surface area (Å²) in [5.74, 6) is 3.59. The summed E-state index contributed by atoms with van der Waals surface area (Å²) in [5.41, 5.74) is 3.12. The van der Waals surface area contributed by atoms with E-state index in [9.17, 15) is 4.21 Å². The van der Waals surface area contributed by atoms with Crippen molar-refractivity contribution in [3.63, 3.8) is 0 Å². The molecule has 13 heavy (non-hydrogen) atoms. The molecule has 0 fully saturated rings. The molecule has 1 aromatic rings. The van der Waals surface area contributed by atoms with E-state index < -0.39 is 9.71 Å². The molecule has 2 rings (SSSR count). The maximum atomic E-state index is 11.6. The lowest BCUT2D eigenvalue weighted by atomic mass is 10.1. The van der Waals surface area contributed by atoms with Gasteiger partial charge < -0.3 is 4.72 Å². The molecule has 1 aliphatic heterocycles. The molecule has 0 amide bonds. The van der Waals surface area contributed by atoms with E-state index in [-0.39, 0.29) is 0 Å². The number of fused-ring (bicyclic) bond motifs is 1. The molecular formula is C10H11NOS. The molecule has 0 saturated heterocycles. The maximum Gasteiger partial charge on any atom is 0.0669 e. The molecule has 1 aliphatic rings. The maximum absolute atomic E-state index is 11.6. The minimum absolute atomic E-state index is 0.905. The molecule has 0 saturated carbocycles. The molecule has 1 heterocycles. The predicted octanol–water partition coefficient (Wildman–Crippen LogP) is 2.02. The van der Waals surface area contributed by atoms with Crippen LogP contribution in [0, 0.1) is 6.92 Å². The Balaban J connectivity index is 2.60. The highest BCUT2D eigenvalue weighted by Gasteiger charge is 2.09. The van der Waals surface area contributed by atoms with Crippen molar-refractivity contribution in [2.75, 3.05) is 4.72 Å². The van der Waals surface area contributed by atoms with Gasteiger partial charge in [-0.15, -0.1) is 0 Å². The zero-order valence-electron chi connectivity index (χ0n) is 7.41. The van der Waals surface area contributed by atoms with Crippen molar-refractivity contribution in [3.8, 4) is 0 Å². The van der Waals surface area contributed by atoms with Gasteiger partial charge in [-0.05, 0) is 36.1 Å². The number of rotatable bonds is 0. The number of anilines is 1. The minimum atomic E-state index is -2.24. The van der Waals surface area contributed by atoms with E-state index in [0.717, 1.165) is 16.8 Å². The van der Waals surface area contributed by atoms with Gasteiger partial charge >= 0.3 is 0 Å². The molecule has 1 N–H and O–H groups in total. The van der Waals surface area contributed by atoms with Gasteiger partial charge in [0, 0.05) is 5.41 Å². The smallest absolute Gasteiger partial charge is 0.0669 e. The second-order valence-corrected chi connectivity index (χ2v) is 5.15. The Morgan fingerprint density at radius 1 is 1.46 bits per heavy atom. The fraction of sp³-hybridized carbons (Fsp3) is 0.100. The van der Waals surface area contributed by atoms with Gasteiger partial charge in [0.05, 0.1) is 15.4 Å². The minimum Gasteiger partial charge on any atom is -0.309 e. The first kappa shape index (κ1) is 8.38. The molecule has 0 spiro atoms. The van der Waals surface area contributed by atoms with Crippen LogP contribution in [-0.2, 0) is 9.71 Å². The fourth-order valence-corrected chi connectivity index (χ4v) is 2.29. The molecular weight excluding hydrogens is 182 g/mol. The number of hydrogen-bond donors (Lipinski definition) is 1. The van der Waals surface area contributed by atoms with Crippen LogP contribution >= 0.6 is 0 Å². The van der Waals surface area contributed by atoms with E-state index in [2.05, 4.69) is 10.6 Å². The Morgan fingerprint density at radius 2 is 2.23 bits per heavy atom. The normalized spacial score (nSPS) is 25.0. The van der Waals surface area contributed by atoms with Crippen molar-refractivity contribution in [3.05, 3.63) is 34.7 Å². The molecule has 0 bridgehead atoms. The molecule has 1 aromatic carbocycles. The zero-order valence-corrected chi connectivity index (χ0v) is 8.23. The Hall–Kier alpha value is -1.22. The summed E-state index contributed by atoms with van der Waals surface area (Å²) >= 11 is 0. The van der Waals surface area contributed by atoms with E-state index in [1.807, 2.05) is 31.2 Å². The number of benzene rings is 1. The molecule has 3 heteroatoms. The summed E-state index contributed by atoms with van der Waals surface area (Å²) in [5, 5.41) is 1.62. The van der Waals surface area contributed by atoms with Crippen molar-refractivity contribution >= 4 is 27.3 Å². The highest BCUT2D eigenvalue weighted by Crippen LogP contribution is 2.24. The standard InChI is InChI=1S/C10H11NOS/c1-8-3-4-9-5-6-13(2,12)11-10(9)7-8/h3-7H,2H2,1H3,(H,11,12).